The molecule has 0 fully saturated rings. The van der Waals surface area contributed by atoms with E-state index in [0.717, 1.165) is 17.0 Å². The molecular weight excluding hydrogens is 252 g/mol. The van der Waals surface area contributed by atoms with Crippen LogP contribution in [0.3, 0.4) is 0 Å². The maximum Gasteiger partial charge on any atom is 0.269 e. The molecule has 20 heavy (non-hydrogen) atoms. The summed E-state index contributed by atoms with van der Waals surface area (Å²) in [7, 11) is 1.67. The highest BCUT2D eigenvalue weighted by molar-refractivity contribution is 5.70. The Morgan fingerprint density at radius 3 is 2.50 bits per heavy atom. The molecule has 2 aromatic rings. The quantitative estimate of drug-likeness (QED) is 0.859. The molecule has 0 aliphatic rings. The zero-order valence-electron chi connectivity index (χ0n) is 11.8. The lowest BCUT2D eigenvalue weighted by molar-refractivity contribution is 0.340. The highest BCUT2D eigenvalue weighted by atomic mass is 16.5. The van der Waals surface area contributed by atoms with Crippen molar-refractivity contribution in [2.45, 2.75) is 13.8 Å². The lowest BCUT2D eigenvalue weighted by Gasteiger charge is -2.10. The molecule has 0 unspecified atom stereocenters. The Morgan fingerprint density at radius 2 is 1.95 bits per heavy atom. The second-order valence-electron chi connectivity index (χ2n) is 4.51. The molecule has 1 aromatic heterocycles. The van der Waals surface area contributed by atoms with Crippen molar-refractivity contribution in [2.75, 3.05) is 6.61 Å². The minimum atomic E-state index is -0.267. The van der Waals surface area contributed by atoms with Crippen LogP contribution >= 0.6 is 0 Å². The lowest BCUT2D eigenvalue weighted by Crippen LogP contribution is -2.22. The first-order valence-corrected chi connectivity index (χ1v) is 6.42. The van der Waals surface area contributed by atoms with Crippen molar-refractivity contribution in [3.8, 4) is 22.9 Å². The van der Waals surface area contributed by atoms with Gasteiger partial charge in [0, 0.05) is 18.3 Å². The van der Waals surface area contributed by atoms with Gasteiger partial charge in [0.05, 0.1) is 6.61 Å². The van der Waals surface area contributed by atoms with E-state index in [9.17, 15) is 10.1 Å². The minimum absolute atomic E-state index is 0.169. The van der Waals surface area contributed by atoms with Gasteiger partial charge >= 0.3 is 0 Å². The molecular formula is C16H16N2O2. The van der Waals surface area contributed by atoms with E-state index < -0.39 is 0 Å². The van der Waals surface area contributed by atoms with Crippen molar-refractivity contribution < 1.29 is 4.74 Å². The Labute approximate surface area is 117 Å². The van der Waals surface area contributed by atoms with Crippen LogP contribution in [0.25, 0.3) is 11.1 Å². The number of aryl methyl sites for hydroxylation is 1. The second kappa shape index (κ2) is 5.62. The van der Waals surface area contributed by atoms with Crippen LogP contribution < -0.4 is 10.3 Å². The molecule has 102 valence electrons. The third-order valence-corrected chi connectivity index (χ3v) is 3.26. The highest BCUT2D eigenvalue weighted by Gasteiger charge is 2.12. The molecule has 0 saturated heterocycles. The standard InChI is InChI=1S/C16H16N2O2/c1-4-20-13-7-5-12(6-8-13)14-9-11(2)18(3)16(19)15(14)10-17/h5-9H,4H2,1-3H3. The summed E-state index contributed by atoms with van der Waals surface area (Å²) in [6.45, 7) is 4.38. The number of nitrogens with zero attached hydrogens (tertiary/aromatic N) is 2. The molecule has 4 nitrogen and oxygen atoms in total. The first kappa shape index (κ1) is 13.9. The van der Waals surface area contributed by atoms with E-state index in [1.54, 1.807) is 7.05 Å². The molecule has 0 bridgehead atoms. The Hall–Kier alpha value is -2.54. The predicted molar refractivity (Wildman–Crippen MR) is 77.7 cm³/mol. The largest absolute Gasteiger partial charge is 0.494 e. The SMILES string of the molecule is CCOc1ccc(-c2cc(C)n(C)c(=O)c2C#N)cc1. The second-order valence-corrected chi connectivity index (χ2v) is 4.51. The van der Waals surface area contributed by atoms with Gasteiger partial charge in [0.15, 0.2) is 0 Å². The van der Waals surface area contributed by atoms with E-state index in [4.69, 9.17) is 4.74 Å². The van der Waals surface area contributed by atoms with Crippen molar-refractivity contribution >= 4 is 0 Å². The van der Waals surface area contributed by atoms with Crippen LogP contribution in [0.5, 0.6) is 5.75 Å². The average Bonchev–Trinajstić information content (AvgIpc) is 2.46. The minimum Gasteiger partial charge on any atom is -0.494 e. The van der Waals surface area contributed by atoms with Gasteiger partial charge < -0.3 is 9.30 Å². The van der Waals surface area contributed by atoms with E-state index in [1.807, 2.05) is 50.2 Å². The fourth-order valence-electron chi connectivity index (χ4n) is 2.05. The Kier molecular flexibility index (Phi) is 3.90. The predicted octanol–water partition coefficient (Wildman–Crippen LogP) is 2.63. The van der Waals surface area contributed by atoms with Gasteiger partial charge in [0.25, 0.3) is 5.56 Å². The summed E-state index contributed by atoms with van der Waals surface area (Å²) >= 11 is 0. The third-order valence-electron chi connectivity index (χ3n) is 3.26. The topological polar surface area (TPSA) is 55.0 Å². The molecule has 0 aliphatic heterocycles. The van der Waals surface area contributed by atoms with Crippen molar-refractivity contribution in [2.24, 2.45) is 7.05 Å². The molecule has 0 radical (unpaired) electrons. The molecule has 0 spiro atoms. The smallest absolute Gasteiger partial charge is 0.269 e. The van der Waals surface area contributed by atoms with Gasteiger partial charge in [-0.1, -0.05) is 12.1 Å². The fourth-order valence-corrected chi connectivity index (χ4v) is 2.05. The maximum atomic E-state index is 12.1. The van der Waals surface area contributed by atoms with E-state index in [1.165, 1.54) is 4.57 Å². The summed E-state index contributed by atoms with van der Waals surface area (Å²) in [6, 6.07) is 11.3. The van der Waals surface area contributed by atoms with E-state index in [2.05, 4.69) is 0 Å². The lowest BCUT2D eigenvalue weighted by atomic mass is 10.0. The van der Waals surface area contributed by atoms with Gasteiger partial charge in [-0.2, -0.15) is 5.26 Å². The first-order valence-electron chi connectivity index (χ1n) is 6.42. The van der Waals surface area contributed by atoms with Crippen LogP contribution in [0.15, 0.2) is 35.1 Å². The molecule has 4 heteroatoms. The number of ether oxygens (including phenoxy) is 1. The molecule has 1 heterocycles. The molecule has 0 N–H and O–H groups in total. The Balaban J connectivity index is 2.58. The molecule has 2 rings (SSSR count). The summed E-state index contributed by atoms with van der Waals surface area (Å²) in [5, 5.41) is 9.23. The number of nitriles is 1. The highest BCUT2D eigenvalue weighted by Crippen LogP contribution is 2.24. The van der Waals surface area contributed by atoms with Crippen LogP contribution in [0.1, 0.15) is 18.2 Å². The Morgan fingerprint density at radius 1 is 1.30 bits per heavy atom. The zero-order valence-corrected chi connectivity index (χ0v) is 11.8. The summed E-state index contributed by atoms with van der Waals surface area (Å²) in [6.07, 6.45) is 0. The maximum absolute atomic E-state index is 12.1. The third kappa shape index (κ3) is 2.43. The monoisotopic (exact) mass is 268 g/mol. The van der Waals surface area contributed by atoms with Crippen LogP contribution in [-0.4, -0.2) is 11.2 Å². The van der Waals surface area contributed by atoms with Crippen molar-refractivity contribution in [1.82, 2.24) is 4.57 Å². The molecule has 0 aliphatic carbocycles. The molecule has 0 saturated carbocycles. The van der Waals surface area contributed by atoms with Gasteiger partial charge in [-0.25, -0.2) is 0 Å². The van der Waals surface area contributed by atoms with Crippen molar-refractivity contribution in [1.29, 1.82) is 5.26 Å². The number of rotatable bonds is 3. The molecule has 1 aromatic carbocycles. The van der Waals surface area contributed by atoms with E-state index in [0.29, 0.717) is 12.2 Å². The van der Waals surface area contributed by atoms with Crippen molar-refractivity contribution in [3.63, 3.8) is 0 Å². The van der Waals surface area contributed by atoms with Crippen LogP contribution in [0, 0.1) is 18.3 Å². The van der Waals surface area contributed by atoms with Gasteiger partial charge in [0.2, 0.25) is 0 Å². The summed E-state index contributed by atoms with van der Waals surface area (Å²) in [4.78, 5) is 12.1. The number of aromatic nitrogens is 1. The fraction of sp³-hybridized carbons (Fsp3) is 0.250. The average molecular weight is 268 g/mol. The van der Waals surface area contributed by atoms with E-state index >= 15 is 0 Å². The Bertz CT molecular complexity index is 722. The van der Waals surface area contributed by atoms with Gasteiger partial charge in [-0.05, 0) is 37.6 Å². The molecule has 0 amide bonds. The first-order chi connectivity index (χ1) is 9.58. The summed E-state index contributed by atoms with van der Waals surface area (Å²) in [5.74, 6) is 0.773. The van der Waals surface area contributed by atoms with Crippen molar-refractivity contribution in [3.05, 3.63) is 51.9 Å². The van der Waals surface area contributed by atoms with Gasteiger partial charge in [-0.15, -0.1) is 0 Å². The van der Waals surface area contributed by atoms with Crippen LogP contribution in [0.2, 0.25) is 0 Å². The van der Waals surface area contributed by atoms with Crippen LogP contribution in [-0.2, 0) is 7.05 Å². The van der Waals surface area contributed by atoms with Gasteiger partial charge in [0.1, 0.15) is 17.4 Å². The summed E-state index contributed by atoms with van der Waals surface area (Å²) in [5.41, 5.74) is 2.22. The van der Waals surface area contributed by atoms with Crippen LogP contribution in [0.4, 0.5) is 0 Å². The normalized spacial score (nSPS) is 10.1. The number of hydrogen-bond donors (Lipinski definition) is 0. The van der Waals surface area contributed by atoms with Gasteiger partial charge in [-0.3, -0.25) is 4.79 Å². The summed E-state index contributed by atoms with van der Waals surface area (Å²) < 4.78 is 6.87. The number of benzene rings is 1. The number of pyridine rings is 1. The molecule has 0 atom stereocenters. The van der Waals surface area contributed by atoms with E-state index in [-0.39, 0.29) is 11.1 Å². The zero-order chi connectivity index (χ0) is 14.7. The number of hydrogen-bond acceptors (Lipinski definition) is 3.